The quantitative estimate of drug-likeness (QED) is 0.790. The van der Waals surface area contributed by atoms with E-state index >= 15 is 0 Å². The van der Waals surface area contributed by atoms with E-state index in [0.717, 1.165) is 54.2 Å². The standard InChI is InChI=1S/C21H22N2O4S/c1-22-9-18(15-4-3-5-16(15)20(22)24)17-8-14(28(2,25)26)6-7-19(17)23-10-21(11-23)12-27-13-21/h3-4,6-9H,5,10-13H2,1-2H3. The molecule has 6 nitrogen and oxygen atoms in total. The Kier molecular flexibility index (Phi) is 3.67. The predicted molar refractivity (Wildman–Crippen MR) is 108 cm³/mol. The van der Waals surface area contributed by atoms with Crippen molar-refractivity contribution in [1.29, 1.82) is 0 Å². The molecule has 2 saturated heterocycles. The number of allylic oxidation sites excluding steroid dienone is 1. The maximum absolute atomic E-state index is 12.5. The third-order valence-corrected chi connectivity index (χ3v) is 7.13. The molecule has 1 spiro atoms. The molecular formula is C21H22N2O4S. The molecule has 1 aliphatic carbocycles. The number of rotatable bonds is 3. The summed E-state index contributed by atoms with van der Waals surface area (Å²) in [5.74, 6) is 0. The van der Waals surface area contributed by atoms with Gasteiger partial charge in [-0.1, -0.05) is 12.2 Å². The highest BCUT2D eigenvalue weighted by Gasteiger charge is 2.49. The summed E-state index contributed by atoms with van der Waals surface area (Å²) in [4.78, 5) is 15.1. The maximum Gasteiger partial charge on any atom is 0.254 e. The van der Waals surface area contributed by atoms with Gasteiger partial charge in [-0.3, -0.25) is 4.79 Å². The van der Waals surface area contributed by atoms with Gasteiger partial charge in [-0.2, -0.15) is 0 Å². The average molecular weight is 398 g/mol. The fraction of sp³-hybridized carbons (Fsp3) is 0.381. The number of sulfone groups is 1. The number of hydrogen-bond acceptors (Lipinski definition) is 5. The SMILES string of the molecule is Cn1cc(-c2cc(S(C)(=O)=O)ccc2N2CC3(COC3)C2)c2c(c1=O)CC=C2. The molecule has 0 radical (unpaired) electrons. The second-order valence-electron chi connectivity index (χ2n) is 8.26. The lowest BCUT2D eigenvalue weighted by atomic mass is 9.77. The van der Waals surface area contributed by atoms with Crippen LogP contribution in [0.15, 0.2) is 40.2 Å². The van der Waals surface area contributed by atoms with Crippen molar-refractivity contribution in [2.45, 2.75) is 11.3 Å². The first-order chi connectivity index (χ1) is 13.3. The maximum atomic E-state index is 12.5. The topological polar surface area (TPSA) is 68.6 Å². The minimum absolute atomic E-state index is 0.000845. The van der Waals surface area contributed by atoms with Crippen molar-refractivity contribution in [1.82, 2.24) is 4.57 Å². The number of aryl methyl sites for hydroxylation is 1. The Labute approximate surface area is 164 Å². The molecule has 0 atom stereocenters. The highest BCUT2D eigenvalue weighted by atomic mass is 32.2. The van der Waals surface area contributed by atoms with Gasteiger partial charge in [0.2, 0.25) is 0 Å². The highest BCUT2D eigenvalue weighted by molar-refractivity contribution is 7.90. The molecule has 1 aromatic heterocycles. The lowest BCUT2D eigenvalue weighted by Crippen LogP contribution is -2.66. The Balaban J connectivity index is 1.69. The molecule has 2 fully saturated rings. The van der Waals surface area contributed by atoms with Gasteiger partial charge >= 0.3 is 0 Å². The Morgan fingerprint density at radius 2 is 1.89 bits per heavy atom. The van der Waals surface area contributed by atoms with E-state index in [-0.39, 0.29) is 15.9 Å². The summed E-state index contributed by atoms with van der Waals surface area (Å²) in [6, 6.07) is 5.32. The summed E-state index contributed by atoms with van der Waals surface area (Å²) in [6.07, 6.45) is 7.62. The number of ether oxygens (including phenoxy) is 1. The zero-order valence-corrected chi connectivity index (χ0v) is 16.8. The van der Waals surface area contributed by atoms with E-state index in [1.165, 1.54) is 6.26 Å². The number of fused-ring (bicyclic) bond motifs is 1. The molecular weight excluding hydrogens is 376 g/mol. The first-order valence-corrected chi connectivity index (χ1v) is 11.2. The summed E-state index contributed by atoms with van der Waals surface area (Å²) >= 11 is 0. The molecule has 0 unspecified atom stereocenters. The van der Waals surface area contributed by atoms with Crippen LogP contribution in [0, 0.1) is 5.41 Å². The van der Waals surface area contributed by atoms with Crippen molar-refractivity contribution >= 4 is 21.6 Å². The van der Waals surface area contributed by atoms with Gasteiger partial charge < -0.3 is 14.2 Å². The molecule has 5 rings (SSSR count). The Morgan fingerprint density at radius 1 is 1.14 bits per heavy atom. The smallest absolute Gasteiger partial charge is 0.254 e. The van der Waals surface area contributed by atoms with Crippen LogP contribution in [-0.2, 0) is 28.0 Å². The monoisotopic (exact) mass is 398 g/mol. The van der Waals surface area contributed by atoms with E-state index in [0.29, 0.717) is 6.42 Å². The van der Waals surface area contributed by atoms with Gasteiger partial charge in [0.25, 0.3) is 5.56 Å². The largest absolute Gasteiger partial charge is 0.380 e. The molecule has 0 amide bonds. The zero-order valence-electron chi connectivity index (χ0n) is 15.9. The summed E-state index contributed by atoms with van der Waals surface area (Å²) in [6.45, 7) is 3.39. The first-order valence-electron chi connectivity index (χ1n) is 9.34. The number of hydrogen-bond donors (Lipinski definition) is 0. The predicted octanol–water partition coefficient (Wildman–Crippen LogP) is 1.86. The van der Waals surface area contributed by atoms with Gasteiger partial charge in [-0.05, 0) is 30.2 Å². The first kappa shape index (κ1) is 17.7. The third kappa shape index (κ3) is 2.57. The van der Waals surface area contributed by atoms with Crippen molar-refractivity contribution in [2.75, 3.05) is 37.5 Å². The van der Waals surface area contributed by atoms with Gasteiger partial charge in [0.1, 0.15) is 0 Å². The molecule has 146 valence electrons. The van der Waals surface area contributed by atoms with Gasteiger partial charge in [0.15, 0.2) is 9.84 Å². The molecule has 7 heteroatoms. The average Bonchev–Trinajstić information content (AvgIpc) is 3.05. The Bertz CT molecular complexity index is 1180. The molecule has 0 bridgehead atoms. The van der Waals surface area contributed by atoms with E-state index in [1.807, 2.05) is 24.4 Å². The summed E-state index contributed by atoms with van der Waals surface area (Å²) in [5.41, 5.74) is 4.68. The minimum Gasteiger partial charge on any atom is -0.380 e. The lowest BCUT2D eigenvalue weighted by Gasteiger charge is -2.56. The molecule has 0 N–H and O–H groups in total. The Hall–Kier alpha value is -2.38. The van der Waals surface area contributed by atoms with E-state index in [9.17, 15) is 13.2 Å². The van der Waals surface area contributed by atoms with Crippen LogP contribution in [0.4, 0.5) is 5.69 Å². The van der Waals surface area contributed by atoms with Crippen molar-refractivity contribution < 1.29 is 13.2 Å². The van der Waals surface area contributed by atoms with E-state index in [2.05, 4.69) is 4.90 Å². The van der Waals surface area contributed by atoms with Crippen molar-refractivity contribution in [3.8, 4) is 11.1 Å². The molecule has 0 saturated carbocycles. The van der Waals surface area contributed by atoms with E-state index in [1.54, 1.807) is 23.7 Å². The number of anilines is 1. The van der Waals surface area contributed by atoms with Gasteiger partial charge in [-0.25, -0.2) is 8.42 Å². The summed E-state index contributed by atoms with van der Waals surface area (Å²) in [7, 11) is -1.59. The normalized spacial score (nSPS) is 19.4. The van der Waals surface area contributed by atoms with Crippen LogP contribution in [0.2, 0.25) is 0 Å². The summed E-state index contributed by atoms with van der Waals surface area (Å²) < 4.78 is 31.4. The van der Waals surface area contributed by atoms with Crippen LogP contribution in [0.5, 0.6) is 0 Å². The van der Waals surface area contributed by atoms with Crippen molar-refractivity contribution in [3.05, 3.63) is 52.0 Å². The second-order valence-corrected chi connectivity index (χ2v) is 10.3. The van der Waals surface area contributed by atoms with Gasteiger partial charge in [-0.15, -0.1) is 0 Å². The molecule has 28 heavy (non-hydrogen) atoms. The summed E-state index contributed by atoms with van der Waals surface area (Å²) in [5, 5.41) is 0. The van der Waals surface area contributed by atoms with E-state index in [4.69, 9.17) is 4.74 Å². The lowest BCUT2D eigenvalue weighted by molar-refractivity contribution is -0.127. The van der Waals surface area contributed by atoms with Crippen LogP contribution < -0.4 is 10.5 Å². The third-order valence-electron chi connectivity index (χ3n) is 6.02. The second kappa shape index (κ2) is 5.81. The van der Waals surface area contributed by atoms with Crippen molar-refractivity contribution in [2.24, 2.45) is 12.5 Å². The molecule has 2 aliphatic heterocycles. The molecule has 3 heterocycles. The zero-order chi connectivity index (χ0) is 19.7. The molecule has 1 aromatic carbocycles. The molecule has 2 aromatic rings. The van der Waals surface area contributed by atoms with Crippen LogP contribution >= 0.6 is 0 Å². The van der Waals surface area contributed by atoms with Crippen LogP contribution in [0.1, 0.15) is 11.1 Å². The number of nitrogens with zero attached hydrogens (tertiary/aromatic N) is 2. The van der Waals surface area contributed by atoms with E-state index < -0.39 is 9.84 Å². The van der Waals surface area contributed by atoms with Crippen LogP contribution in [0.3, 0.4) is 0 Å². The van der Waals surface area contributed by atoms with Crippen LogP contribution in [0.25, 0.3) is 17.2 Å². The van der Waals surface area contributed by atoms with Crippen molar-refractivity contribution in [3.63, 3.8) is 0 Å². The Morgan fingerprint density at radius 3 is 2.54 bits per heavy atom. The molecule has 3 aliphatic rings. The number of benzene rings is 1. The van der Waals surface area contributed by atoms with Gasteiger partial charge in [0, 0.05) is 55.0 Å². The fourth-order valence-corrected chi connectivity index (χ4v) is 5.10. The van der Waals surface area contributed by atoms with Gasteiger partial charge in [0.05, 0.1) is 23.5 Å². The van der Waals surface area contributed by atoms with Crippen LogP contribution in [-0.4, -0.2) is 45.5 Å². The number of pyridine rings is 1. The minimum atomic E-state index is -3.34. The highest BCUT2D eigenvalue weighted by Crippen LogP contribution is 2.45. The number of aromatic nitrogens is 1. The fourth-order valence-electron chi connectivity index (χ4n) is 4.45.